The van der Waals surface area contributed by atoms with Gasteiger partial charge in [-0.25, -0.2) is 4.79 Å². The maximum Gasteiger partial charge on any atom is 0.312 e. The molecule has 1 atom stereocenters. The fourth-order valence-corrected chi connectivity index (χ4v) is 3.96. The van der Waals surface area contributed by atoms with E-state index in [9.17, 15) is 4.79 Å². The summed E-state index contributed by atoms with van der Waals surface area (Å²) in [5, 5.41) is 2.79. The van der Waals surface area contributed by atoms with Crippen LogP contribution in [-0.2, 0) is 19.4 Å². The number of primary amides is 1. The van der Waals surface area contributed by atoms with E-state index in [0.717, 1.165) is 41.8 Å². The van der Waals surface area contributed by atoms with Gasteiger partial charge < -0.3 is 15.8 Å². The van der Waals surface area contributed by atoms with Gasteiger partial charge in [0, 0.05) is 6.20 Å². The van der Waals surface area contributed by atoms with Gasteiger partial charge in [0.2, 0.25) is 0 Å². The number of rotatable bonds is 10. The van der Waals surface area contributed by atoms with Crippen molar-refractivity contribution in [2.75, 3.05) is 0 Å². The number of aryl methyl sites for hydroxylation is 2. The lowest BCUT2D eigenvalue weighted by Crippen LogP contribution is -2.34. The van der Waals surface area contributed by atoms with Gasteiger partial charge in [-0.3, -0.25) is 4.98 Å². The SMILES string of the molecule is NC(=O)NC(c1ccc(CCCc2ccccc2OCc2ccccc2)cc1)c1ccccn1. The molecule has 5 heteroatoms. The van der Waals surface area contributed by atoms with Crippen molar-refractivity contribution in [1.29, 1.82) is 0 Å². The number of hydrogen-bond donors (Lipinski definition) is 2. The van der Waals surface area contributed by atoms with Crippen LogP contribution in [0.25, 0.3) is 0 Å². The quantitative estimate of drug-likeness (QED) is 0.330. The van der Waals surface area contributed by atoms with E-state index in [0.29, 0.717) is 6.61 Å². The van der Waals surface area contributed by atoms with Crippen molar-refractivity contribution < 1.29 is 9.53 Å². The molecular weight excluding hydrogens is 422 g/mol. The number of hydrogen-bond acceptors (Lipinski definition) is 3. The van der Waals surface area contributed by atoms with Crippen molar-refractivity contribution in [2.24, 2.45) is 5.73 Å². The van der Waals surface area contributed by atoms with Crippen LogP contribution in [0.5, 0.6) is 5.75 Å². The van der Waals surface area contributed by atoms with Crippen LogP contribution in [0.15, 0.2) is 103 Å². The van der Waals surface area contributed by atoms with Gasteiger partial charge in [-0.15, -0.1) is 0 Å². The van der Waals surface area contributed by atoms with Crippen molar-refractivity contribution in [2.45, 2.75) is 31.9 Å². The number of carbonyl (C=O) groups is 1. The summed E-state index contributed by atoms with van der Waals surface area (Å²) < 4.78 is 6.09. The number of amides is 2. The molecule has 0 bridgehead atoms. The fourth-order valence-electron chi connectivity index (χ4n) is 3.96. The molecular formula is C29H29N3O2. The van der Waals surface area contributed by atoms with Crippen LogP contribution in [0.1, 0.15) is 40.4 Å². The van der Waals surface area contributed by atoms with Crippen molar-refractivity contribution >= 4 is 6.03 Å². The van der Waals surface area contributed by atoms with E-state index in [-0.39, 0.29) is 6.04 Å². The predicted octanol–water partition coefficient (Wildman–Crippen LogP) is 5.59. The summed E-state index contributed by atoms with van der Waals surface area (Å²) in [6.45, 7) is 0.566. The van der Waals surface area contributed by atoms with Gasteiger partial charge in [-0.05, 0) is 59.7 Å². The highest BCUT2D eigenvalue weighted by Crippen LogP contribution is 2.23. The first kappa shape index (κ1) is 23.1. The van der Waals surface area contributed by atoms with E-state index in [4.69, 9.17) is 10.5 Å². The molecule has 1 heterocycles. The summed E-state index contributed by atoms with van der Waals surface area (Å²) in [5.74, 6) is 0.942. The topological polar surface area (TPSA) is 77.2 Å². The number of aromatic nitrogens is 1. The van der Waals surface area contributed by atoms with Crippen LogP contribution < -0.4 is 15.8 Å². The van der Waals surface area contributed by atoms with Crippen LogP contribution in [-0.4, -0.2) is 11.0 Å². The molecule has 34 heavy (non-hydrogen) atoms. The molecule has 1 aromatic heterocycles. The van der Waals surface area contributed by atoms with Crippen molar-refractivity contribution in [3.63, 3.8) is 0 Å². The molecule has 0 aliphatic carbocycles. The van der Waals surface area contributed by atoms with Crippen LogP contribution >= 0.6 is 0 Å². The number of urea groups is 1. The Kier molecular flexibility index (Phi) is 7.90. The Bertz CT molecular complexity index is 1180. The Morgan fingerprint density at radius 3 is 2.29 bits per heavy atom. The van der Waals surface area contributed by atoms with Crippen LogP contribution in [0, 0.1) is 0 Å². The van der Waals surface area contributed by atoms with E-state index in [1.807, 2.05) is 60.7 Å². The molecule has 5 nitrogen and oxygen atoms in total. The third kappa shape index (κ3) is 6.45. The minimum Gasteiger partial charge on any atom is -0.489 e. The molecule has 3 N–H and O–H groups in total. The Morgan fingerprint density at radius 1 is 0.824 bits per heavy atom. The minimum atomic E-state index is -0.576. The van der Waals surface area contributed by atoms with Crippen LogP contribution in [0.2, 0.25) is 0 Å². The molecule has 172 valence electrons. The zero-order valence-electron chi connectivity index (χ0n) is 19.1. The first-order valence-corrected chi connectivity index (χ1v) is 11.5. The summed E-state index contributed by atoms with van der Waals surface area (Å²) in [6, 6.07) is 31.4. The number of para-hydroxylation sites is 1. The van der Waals surface area contributed by atoms with Gasteiger partial charge in [-0.2, -0.15) is 0 Å². The van der Waals surface area contributed by atoms with Gasteiger partial charge in [0.25, 0.3) is 0 Å². The average Bonchev–Trinajstić information content (AvgIpc) is 2.88. The molecule has 0 fully saturated rings. The number of benzene rings is 3. The highest BCUT2D eigenvalue weighted by Gasteiger charge is 2.16. The van der Waals surface area contributed by atoms with Crippen LogP contribution in [0.4, 0.5) is 4.79 Å². The molecule has 0 spiro atoms. The zero-order valence-corrected chi connectivity index (χ0v) is 19.1. The van der Waals surface area contributed by atoms with Gasteiger partial charge in [0.1, 0.15) is 12.4 Å². The monoisotopic (exact) mass is 451 g/mol. The zero-order chi connectivity index (χ0) is 23.6. The van der Waals surface area contributed by atoms with Gasteiger partial charge in [0.15, 0.2) is 0 Å². The predicted molar refractivity (Wildman–Crippen MR) is 134 cm³/mol. The normalized spacial score (nSPS) is 11.5. The Morgan fingerprint density at radius 2 is 1.56 bits per heavy atom. The standard InChI is InChI=1S/C29H29N3O2/c30-29(33)32-28(26-14-6-7-20-31-26)25-18-16-22(17-19-25)11-8-13-24-12-4-5-15-27(24)34-21-23-9-2-1-3-10-23/h1-7,9-10,12,14-20,28H,8,11,13,21H2,(H3,30,32,33). The Labute approximate surface area is 200 Å². The fraction of sp³-hybridized carbons (Fsp3) is 0.172. The lowest BCUT2D eigenvalue weighted by Gasteiger charge is -2.18. The van der Waals surface area contributed by atoms with Crippen molar-refractivity contribution in [1.82, 2.24) is 10.3 Å². The molecule has 0 saturated carbocycles. The number of nitrogens with two attached hydrogens (primary N) is 1. The minimum absolute atomic E-state index is 0.374. The second kappa shape index (κ2) is 11.7. The maximum absolute atomic E-state index is 11.5. The summed E-state index contributed by atoms with van der Waals surface area (Å²) in [5.41, 5.74) is 10.7. The lowest BCUT2D eigenvalue weighted by molar-refractivity contribution is 0.246. The van der Waals surface area contributed by atoms with Crippen molar-refractivity contribution in [3.8, 4) is 5.75 Å². The van der Waals surface area contributed by atoms with E-state index in [2.05, 4.69) is 46.7 Å². The number of ether oxygens (including phenoxy) is 1. The largest absolute Gasteiger partial charge is 0.489 e. The maximum atomic E-state index is 11.5. The second-order valence-corrected chi connectivity index (χ2v) is 8.17. The second-order valence-electron chi connectivity index (χ2n) is 8.17. The van der Waals surface area contributed by atoms with Gasteiger partial charge in [0.05, 0.1) is 11.7 Å². The Hall–Kier alpha value is -4.12. The molecule has 2 amide bonds. The summed E-state index contributed by atoms with van der Waals surface area (Å²) >= 11 is 0. The number of carbonyl (C=O) groups excluding carboxylic acids is 1. The number of nitrogens with zero attached hydrogens (tertiary/aromatic N) is 1. The molecule has 0 aliphatic rings. The molecule has 3 aromatic carbocycles. The first-order chi connectivity index (χ1) is 16.7. The molecule has 1 unspecified atom stereocenters. The third-order valence-electron chi connectivity index (χ3n) is 5.70. The van der Waals surface area contributed by atoms with E-state index >= 15 is 0 Å². The Balaban J connectivity index is 1.35. The first-order valence-electron chi connectivity index (χ1n) is 11.5. The number of nitrogens with one attached hydrogen (secondary N) is 1. The summed E-state index contributed by atoms with van der Waals surface area (Å²) in [7, 11) is 0. The molecule has 0 radical (unpaired) electrons. The van der Waals surface area contributed by atoms with Gasteiger partial charge in [-0.1, -0.05) is 78.9 Å². The van der Waals surface area contributed by atoms with E-state index in [1.54, 1.807) is 6.20 Å². The molecule has 4 aromatic rings. The highest BCUT2D eigenvalue weighted by atomic mass is 16.5. The van der Waals surface area contributed by atoms with Crippen molar-refractivity contribution in [3.05, 3.63) is 131 Å². The van der Waals surface area contributed by atoms with E-state index < -0.39 is 6.03 Å². The highest BCUT2D eigenvalue weighted by molar-refractivity contribution is 5.72. The summed E-state index contributed by atoms with van der Waals surface area (Å²) in [4.78, 5) is 15.9. The molecule has 4 rings (SSSR count). The van der Waals surface area contributed by atoms with Crippen LogP contribution in [0.3, 0.4) is 0 Å². The molecule has 0 saturated heterocycles. The molecule has 0 aliphatic heterocycles. The third-order valence-corrected chi connectivity index (χ3v) is 5.70. The summed E-state index contributed by atoms with van der Waals surface area (Å²) in [6.07, 6.45) is 4.60. The average molecular weight is 452 g/mol. The number of pyridine rings is 1. The van der Waals surface area contributed by atoms with Gasteiger partial charge >= 0.3 is 6.03 Å². The lowest BCUT2D eigenvalue weighted by atomic mass is 9.98. The smallest absolute Gasteiger partial charge is 0.312 e. The van der Waals surface area contributed by atoms with E-state index in [1.165, 1.54) is 11.1 Å².